The van der Waals surface area contributed by atoms with E-state index in [0.717, 1.165) is 48.6 Å². The molecule has 0 bridgehead atoms. The number of esters is 2. The van der Waals surface area contributed by atoms with Crippen molar-refractivity contribution in [3.63, 3.8) is 0 Å². The normalized spacial score (nSPS) is 34.4. The van der Waals surface area contributed by atoms with Crippen molar-refractivity contribution in [1.82, 2.24) is 0 Å². The van der Waals surface area contributed by atoms with Gasteiger partial charge in [0.2, 0.25) is 23.1 Å². The van der Waals surface area contributed by atoms with Gasteiger partial charge >= 0.3 is 24.2 Å². The Morgan fingerprint density at radius 1 is 0.534 bits per heavy atom. The van der Waals surface area contributed by atoms with Crippen LogP contribution in [0.5, 0.6) is 34.5 Å². The maximum Gasteiger partial charge on any atom is 0.514 e. The molecule has 116 heavy (non-hydrogen) atoms. The van der Waals surface area contributed by atoms with Crippen molar-refractivity contribution in [3.8, 4) is 34.5 Å². The molecule has 36 nitrogen and oxygen atoms in total. The number of ketones is 4. The van der Waals surface area contributed by atoms with Crippen molar-refractivity contribution in [1.29, 1.82) is 0 Å². The van der Waals surface area contributed by atoms with E-state index in [2.05, 4.69) is 14.5 Å². The van der Waals surface area contributed by atoms with Crippen molar-refractivity contribution in [2.75, 3.05) is 39.6 Å². The molecule has 8 aliphatic carbocycles. The number of fused-ring (bicyclic) bond motifs is 14. The molecule has 40 heteroatoms. The molecule has 2 aliphatic heterocycles. The summed E-state index contributed by atoms with van der Waals surface area (Å²) in [6.45, 7) is 9.28. The van der Waals surface area contributed by atoms with E-state index in [1.54, 1.807) is 41.5 Å². The number of nitrogens with zero attached hydrogens (tertiary/aromatic N) is 3. The lowest BCUT2D eigenvalue weighted by atomic mass is 9.44. The third-order valence-corrected chi connectivity index (χ3v) is 24.9. The number of carbonyl (C=O) groups is 8. The Morgan fingerprint density at radius 3 is 1.33 bits per heavy atom. The Morgan fingerprint density at radius 2 is 0.931 bits per heavy atom. The number of benzene rings is 2. The van der Waals surface area contributed by atoms with Crippen LogP contribution in [0.3, 0.4) is 0 Å². The summed E-state index contributed by atoms with van der Waals surface area (Å²) < 4.78 is 123. The second-order valence-electron chi connectivity index (χ2n) is 32.4. The van der Waals surface area contributed by atoms with E-state index in [1.165, 1.54) is 26.0 Å². The molecule has 2 aromatic carbocycles. The van der Waals surface area contributed by atoms with Gasteiger partial charge in [-0.25, -0.2) is 36.7 Å². The van der Waals surface area contributed by atoms with E-state index < -0.39 is 251 Å². The summed E-state index contributed by atoms with van der Waals surface area (Å²) in [7, 11) is 0. The Hall–Kier alpha value is -10.2. The molecule has 12 rings (SSSR count). The number of phenols is 4. The van der Waals surface area contributed by atoms with Crippen molar-refractivity contribution < 1.29 is 164 Å². The number of alkyl halides is 4. The van der Waals surface area contributed by atoms with E-state index in [1.807, 2.05) is 0 Å². The van der Waals surface area contributed by atoms with E-state index >= 15 is 17.6 Å². The lowest BCUT2D eigenvalue weighted by molar-refractivity contribution is -0.790. The SMILES string of the molecule is CC1(C)O[C@@H]2CC3C4C[C@H](F)C5=CC(=O)C=C[C@]5(C)[C@@]4(F)[C@@H](O)C[C@]3(C)[C@]2(C(=O)COC(=O)Oc2cc(C(=O)OCCCCC(CO[N+](=O)[O-])O[N+](=O)[O-])cc(O)c2O)O1.CC1(C)O[C@@H]2CC3C4C[C@H](F)C5=CC(=O)C=C[C@]5(C)[C@@]4(F)[C@@H](O)C[C@]3(C)[C@]2(C(=O)COC(=O)Oc2cc(C(=O)OCCCCCCO[N+](=O)[O-])cc(O)c2O)O1. The molecule has 6 saturated carbocycles. The van der Waals surface area contributed by atoms with Gasteiger partial charge < -0.3 is 92.5 Å². The highest BCUT2D eigenvalue weighted by Gasteiger charge is 2.83. The average molecular weight is 1650 g/mol. The van der Waals surface area contributed by atoms with E-state index in [0.29, 0.717) is 25.7 Å². The minimum absolute atomic E-state index is 0.00907. The zero-order valence-corrected chi connectivity index (χ0v) is 64.1. The smallest absolute Gasteiger partial charge is 0.504 e. The maximum absolute atomic E-state index is 17.7. The zero-order chi connectivity index (χ0) is 85.2. The molecule has 2 heterocycles. The first-order valence-electron chi connectivity index (χ1n) is 37.5. The van der Waals surface area contributed by atoms with Gasteiger partial charge in [0.15, 0.2) is 81.9 Å². The maximum atomic E-state index is 17.7. The molecule has 19 atom stereocenters. The molecule has 8 fully saturated rings. The summed E-state index contributed by atoms with van der Waals surface area (Å²) in [5, 5.41) is 92.8. The monoisotopic (exact) mass is 1650 g/mol. The van der Waals surface area contributed by atoms with Gasteiger partial charge in [0, 0.05) is 33.5 Å². The molecule has 0 spiro atoms. The third kappa shape index (κ3) is 15.3. The van der Waals surface area contributed by atoms with Gasteiger partial charge in [-0.15, -0.1) is 30.3 Å². The molecule has 0 aromatic heterocycles. The van der Waals surface area contributed by atoms with Crippen molar-refractivity contribution in [3.05, 3.63) is 113 Å². The van der Waals surface area contributed by atoms with E-state index in [4.69, 9.17) is 47.4 Å². The molecule has 10 aliphatic rings. The zero-order valence-electron chi connectivity index (χ0n) is 64.1. The number of Topliss-reactive ketones (excluding diaryl/α,β-unsaturated/α-hetero) is 2. The number of aromatic hydroxyl groups is 4. The molecule has 2 saturated heterocycles. The van der Waals surface area contributed by atoms with Gasteiger partial charge in [0.1, 0.15) is 25.1 Å². The van der Waals surface area contributed by atoms with Crippen LogP contribution in [0.25, 0.3) is 0 Å². The molecule has 6 N–H and O–H groups in total. The fourth-order valence-corrected chi connectivity index (χ4v) is 20.0. The summed E-state index contributed by atoms with van der Waals surface area (Å²) in [4.78, 5) is 148. The number of halogens is 4. The van der Waals surface area contributed by atoms with Crippen LogP contribution in [0.1, 0.15) is 160 Å². The Labute approximate surface area is 657 Å². The third-order valence-electron chi connectivity index (χ3n) is 24.9. The lowest BCUT2D eigenvalue weighted by Crippen LogP contribution is -2.71. The van der Waals surface area contributed by atoms with E-state index in [-0.39, 0.29) is 87.9 Å². The van der Waals surface area contributed by atoms with Crippen molar-refractivity contribution in [2.24, 2.45) is 45.3 Å². The van der Waals surface area contributed by atoms with Crippen LogP contribution < -0.4 is 9.47 Å². The van der Waals surface area contributed by atoms with Gasteiger partial charge in [0.25, 0.3) is 15.3 Å². The van der Waals surface area contributed by atoms with Crippen LogP contribution in [-0.4, -0.2) is 210 Å². The first-order chi connectivity index (χ1) is 54.2. The molecule has 634 valence electrons. The Kier molecular flexibility index (Phi) is 23.9. The average Bonchev–Trinajstić information content (AvgIpc) is 1.46. The first-order valence-corrected chi connectivity index (χ1v) is 37.5. The fraction of sp³-hybridized carbons (Fsp3) is 0.632. The minimum Gasteiger partial charge on any atom is -0.504 e. The molecule has 2 aromatic rings. The Bertz CT molecular complexity index is 4440. The van der Waals surface area contributed by atoms with Gasteiger partial charge in [0.05, 0.1) is 55.4 Å². The number of hydrogen-bond donors (Lipinski definition) is 6. The summed E-state index contributed by atoms with van der Waals surface area (Å²) in [5.74, 6) is -16.4. The second kappa shape index (κ2) is 32.0. The van der Waals surface area contributed by atoms with Crippen LogP contribution in [-0.2, 0) is 71.6 Å². The van der Waals surface area contributed by atoms with Crippen LogP contribution in [0, 0.1) is 75.7 Å². The van der Waals surface area contributed by atoms with Crippen LogP contribution >= 0.6 is 0 Å². The standard InChI is InChI=1S/C38H44F2N2O18.C38H45F2NO15/c1-34(2)58-30-15-22-23-14-25(39)24-13-20(43)8-9-35(24,3)37(23,40)28(45)16-36(22,4)38(30,60-34)29(46)18-55-33(49)57-27-12-19(11-26(44)31(27)47)32(48)54-10-6-5-7-21(59-42(52)53)17-56-41(50)51;1-34(2)55-30-17-22-23-16-25(39)24-15-21(42)9-10-35(24,3)37(23,40)28(44)18-36(22,4)38(30,56-34)29(45)19-52-33(48)54-27-14-20(13-26(43)31(27)46)32(47)51-11-7-5-6-8-12-53-41(49)50/h8-9,11-13,21-23,25,28,30,44-45,47H,5-7,10,14-18H2,1-4H3;9-10,13-15,22-23,25,28,30,43-44,46H,5-8,11-12,16-19H2,1-4H3/t21?,22?,23?,25-,28-,30+,35-,36-,37-,38+;22?,23?,25-,28-,30+,35-,36-,37-,38+/m00/s1. The molecule has 0 radical (unpaired) electrons. The number of hydrogen-bond acceptors (Lipinski definition) is 33. The molecule has 0 amide bonds. The number of phenolic OH excluding ortho intramolecular Hbond substituents is 4. The predicted octanol–water partition coefficient (Wildman–Crippen LogP) is 9.04. The highest BCUT2D eigenvalue weighted by atomic mass is 19.2. The van der Waals surface area contributed by atoms with Gasteiger partial charge in [-0.3, -0.25) is 19.2 Å². The molecular formula is C76H89F4N3O33. The van der Waals surface area contributed by atoms with Crippen molar-refractivity contribution in [2.45, 2.75) is 216 Å². The topological polar surface area (TPSA) is 507 Å². The summed E-state index contributed by atoms with van der Waals surface area (Å²) in [5.41, 5.74) is -15.7. The summed E-state index contributed by atoms with van der Waals surface area (Å²) in [6.07, 6.45) is -5.60. The van der Waals surface area contributed by atoms with Crippen LogP contribution in [0.2, 0.25) is 0 Å². The van der Waals surface area contributed by atoms with Crippen LogP contribution in [0.4, 0.5) is 27.2 Å². The Balaban J connectivity index is 0.000000229. The number of ether oxygens (including phenoxy) is 10. The second-order valence-corrected chi connectivity index (χ2v) is 32.4. The van der Waals surface area contributed by atoms with Gasteiger partial charge in [-0.1, -0.05) is 32.4 Å². The highest BCUT2D eigenvalue weighted by molar-refractivity contribution is 6.02. The van der Waals surface area contributed by atoms with Gasteiger partial charge in [-0.05, 0) is 190 Å². The number of unbranched alkanes of at least 4 members (excludes halogenated alkanes) is 4. The number of carbonyl (C=O) groups excluding carboxylic acids is 8. The van der Waals surface area contributed by atoms with E-state index in [9.17, 15) is 99.3 Å². The highest BCUT2D eigenvalue weighted by Crippen LogP contribution is 2.75. The van der Waals surface area contributed by atoms with Crippen LogP contribution in [0.15, 0.2) is 71.9 Å². The fourth-order valence-electron chi connectivity index (χ4n) is 20.0. The van der Waals surface area contributed by atoms with Gasteiger partial charge in [-0.2, -0.15) is 0 Å². The number of aliphatic hydroxyl groups excluding tert-OH is 2. The minimum atomic E-state index is -2.45. The number of aliphatic hydroxyl groups is 2. The van der Waals surface area contributed by atoms with Crippen molar-refractivity contribution >= 4 is 47.4 Å². The number of rotatable bonds is 28. The quantitative estimate of drug-likeness (QED) is 0.00676. The predicted molar refractivity (Wildman–Crippen MR) is 378 cm³/mol. The number of allylic oxidation sites excluding steroid dienone is 8. The summed E-state index contributed by atoms with van der Waals surface area (Å²) >= 11 is 0. The largest absolute Gasteiger partial charge is 0.514 e. The molecule has 5 unspecified atom stereocenters. The molecular weight excluding hydrogens is 1560 g/mol. The first kappa shape index (κ1) is 86.7. The lowest BCUT2D eigenvalue weighted by Gasteiger charge is -2.63. The summed E-state index contributed by atoms with van der Waals surface area (Å²) in [6, 6.07) is 3.43.